The third-order valence-electron chi connectivity index (χ3n) is 7.02. The third-order valence-corrected chi connectivity index (χ3v) is 8.00. The Kier molecular flexibility index (Phi) is 26.0. The fourth-order valence-corrected chi connectivity index (χ4v) is 5.35. The Labute approximate surface area is 238 Å². The molecule has 0 spiro atoms. The largest absolute Gasteiger partial charge is 0.472 e. The van der Waals surface area contributed by atoms with Crippen molar-refractivity contribution in [2.75, 3.05) is 19.8 Å². The molecule has 0 rings (SSSR count). The number of phosphoric acid groups is 1. The Morgan fingerprint density at radius 2 is 1.23 bits per heavy atom. The number of hydrogen-bond donors (Lipinski definition) is 5. The van der Waals surface area contributed by atoms with Crippen molar-refractivity contribution in [3.05, 3.63) is 0 Å². The van der Waals surface area contributed by atoms with Crippen molar-refractivity contribution in [1.29, 1.82) is 0 Å². The highest BCUT2D eigenvalue weighted by Gasteiger charge is 2.28. The van der Waals surface area contributed by atoms with Gasteiger partial charge in [0.15, 0.2) is 0 Å². The minimum atomic E-state index is -4.35. The number of hydrogen-bond acceptors (Lipinski definition) is 7. The van der Waals surface area contributed by atoms with Crippen molar-refractivity contribution in [3.8, 4) is 0 Å². The molecule has 234 valence electrons. The van der Waals surface area contributed by atoms with Crippen LogP contribution >= 0.6 is 7.82 Å². The van der Waals surface area contributed by atoms with Crippen molar-refractivity contribution < 1.29 is 33.5 Å². The Hall–Kier alpha value is -0.540. The molecular formula is C29H61N2O7P. The standard InChI is InChI=1S/C29H61N2O7P/c1-3-5-7-9-11-13-15-17-19-21-28(33)27(25-38-39(35,36)37-23-22-30)31-29(34)24-26(32)20-18-16-14-12-10-8-6-4-2/h26-28,32-33H,3-25,30H2,1-2H3,(H,31,34)(H,35,36). The Morgan fingerprint density at radius 1 is 0.769 bits per heavy atom. The van der Waals surface area contributed by atoms with E-state index in [9.17, 15) is 24.5 Å². The molecule has 9 nitrogen and oxygen atoms in total. The number of amides is 1. The first-order valence-corrected chi connectivity index (χ1v) is 17.2. The fourth-order valence-electron chi connectivity index (χ4n) is 4.59. The van der Waals surface area contributed by atoms with Gasteiger partial charge < -0.3 is 26.2 Å². The summed E-state index contributed by atoms with van der Waals surface area (Å²) in [5.41, 5.74) is 5.31. The van der Waals surface area contributed by atoms with Crippen LogP contribution in [0, 0.1) is 0 Å². The van der Waals surface area contributed by atoms with Gasteiger partial charge in [-0.2, -0.15) is 0 Å². The first-order chi connectivity index (χ1) is 18.8. The summed E-state index contributed by atoms with van der Waals surface area (Å²) in [6, 6.07) is -0.885. The molecule has 0 heterocycles. The van der Waals surface area contributed by atoms with Crippen LogP contribution in [-0.2, 0) is 18.4 Å². The molecule has 4 atom stereocenters. The molecule has 0 aromatic carbocycles. The molecule has 0 aliphatic rings. The van der Waals surface area contributed by atoms with Crippen LogP contribution in [-0.4, -0.2) is 59.0 Å². The zero-order chi connectivity index (χ0) is 29.2. The van der Waals surface area contributed by atoms with E-state index in [0.29, 0.717) is 12.8 Å². The lowest BCUT2D eigenvalue weighted by molar-refractivity contribution is -0.125. The van der Waals surface area contributed by atoms with Gasteiger partial charge in [0.25, 0.3) is 0 Å². The second kappa shape index (κ2) is 26.4. The van der Waals surface area contributed by atoms with Crippen LogP contribution in [0.15, 0.2) is 0 Å². The van der Waals surface area contributed by atoms with Crippen LogP contribution in [0.2, 0.25) is 0 Å². The first-order valence-electron chi connectivity index (χ1n) is 15.7. The lowest BCUT2D eigenvalue weighted by atomic mass is 10.0. The van der Waals surface area contributed by atoms with Crippen molar-refractivity contribution in [2.45, 2.75) is 161 Å². The van der Waals surface area contributed by atoms with Gasteiger partial charge in [0.2, 0.25) is 5.91 Å². The average molecular weight is 581 g/mol. The van der Waals surface area contributed by atoms with Crippen molar-refractivity contribution in [1.82, 2.24) is 5.32 Å². The molecule has 0 aromatic heterocycles. The van der Waals surface area contributed by atoms with E-state index in [0.717, 1.165) is 38.5 Å². The van der Waals surface area contributed by atoms with Crippen LogP contribution in [0.25, 0.3) is 0 Å². The number of aliphatic hydroxyl groups excluding tert-OH is 2. The summed E-state index contributed by atoms with van der Waals surface area (Å²) in [6.07, 6.45) is 18.8. The number of phosphoric ester groups is 1. The number of unbranched alkanes of at least 4 members (excludes halogenated alkanes) is 15. The van der Waals surface area contributed by atoms with Gasteiger partial charge in [0.05, 0.1) is 37.9 Å². The number of carbonyl (C=O) groups is 1. The second-order valence-electron chi connectivity index (χ2n) is 10.9. The quantitative estimate of drug-likeness (QED) is 0.0524. The highest BCUT2D eigenvalue weighted by molar-refractivity contribution is 7.47. The average Bonchev–Trinajstić information content (AvgIpc) is 2.90. The summed E-state index contributed by atoms with van der Waals surface area (Å²) >= 11 is 0. The van der Waals surface area contributed by atoms with Gasteiger partial charge in [0.1, 0.15) is 0 Å². The first kappa shape index (κ1) is 38.5. The SMILES string of the molecule is CCCCCCCCCCCC(O)C(COP(=O)(O)OCCN)NC(=O)CC(O)CCCCCCCCCC. The maximum Gasteiger partial charge on any atom is 0.472 e. The van der Waals surface area contributed by atoms with Gasteiger partial charge in [-0.15, -0.1) is 0 Å². The Balaban J connectivity index is 4.51. The zero-order valence-electron chi connectivity index (χ0n) is 25.0. The van der Waals surface area contributed by atoms with Gasteiger partial charge >= 0.3 is 7.82 Å². The third kappa shape index (κ3) is 24.9. The van der Waals surface area contributed by atoms with E-state index in [1.54, 1.807) is 0 Å². The van der Waals surface area contributed by atoms with Crippen molar-refractivity contribution >= 4 is 13.7 Å². The summed E-state index contributed by atoms with van der Waals surface area (Å²) in [6.45, 7) is 3.95. The molecule has 0 aromatic rings. The summed E-state index contributed by atoms with van der Waals surface area (Å²) in [4.78, 5) is 22.4. The Bertz CT molecular complexity index is 612. The van der Waals surface area contributed by atoms with Gasteiger partial charge in [-0.25, -0.2) is 4.57 Å². The fraction of sp³-hybridized carbons (Fsp3) is 0.966. The Morgan fingerprint density at radius 3 is 1.72 bits per heavy atom. The van der Waals surface area contributed by atoms with Gasteiger partial charge in [-0.3, -0.25) is 13.8 Å². The molecule has 0 aliphatic heterocycles. The van der Waals surface area contributed by atoms with E-state index in [1.165, 1.54) is 70.6 Å². The number of nitrogens with one attached hydrogen (secondary N) is 1. The number of rotatable bonds is 29. The van der Waals surface area contributed by atoms with Crippen LogP contribution in [0.1, 0.15) is 142 Å². The minimum absolute atomic E-state index is 0.0616. The molecule has 4 unspecified atom stereocenters. The topological polar surface area (TPSA) is 151 Å². The molecule has 0 saturated heterocycles. The number of carbonyl (C=O) groups excluding carboxylic acids is 1. The van der Waals surface area contributed by atoms with Crippen molar-refractivity contribution in [2.24, 2.45) is 5.73 Å². The van der Waals surface area contributed by atoms with E-state index in [2.05, 4.69) is 19.2 Å². The lowest BCUT2D eigenvalue weighted by Gasteiger charge is -2.25. The number of nitrogens with two attached hydrogens (primary N) is 1. The highest BCUT2D eigenvalue weighted by atomic mass is 31.2. The summed E-state index contributed by atoms with van der Waals surface area (Å²) < 4.78 is 21.9. The number of aliphatic hydroxyl groups is 2. The molecule has 0 radical (unpaired) electrons. The molecule has 6 N–H and O–H groups in total. The predicted octanol–water partition coefficient (Wildman–Crippen LogP) is 6.13. The van der Waals surface area contributed by atoms with Crippen LogP contribution in [0.3, 0.4) is 0 Å². The molecule has 0 saturated carbocycles. The van der Waals surface area contributed by atoms with Crippen LogP contribution < -0.4 is 11.1 Å². The second-order valence-corrected chi connectivity index (χ2v) is 12.3. The van der Waals surface area contributed by atoms with Gasteiger partial charge in [-0.1, -0.05) is 123 Å². The van der Waals surface area contributed by atoms with Crippen molar-refractivity contribution in [3.63, 3.8) is 0 Å². The molecule has 39 heavy (non-hydrogen) atoms. The van der Waals surface area contributed by atoms with E-state index >= 15 is 0 Å². The van der Waals surface area contributed by atoms with Gasteiger partial charge in [0, 0.05) is 6.54 Å². The smallest absolute Gasteiger partial charge is 0.393 e. The highest BCUT2D eigenvalue weighted by Crippen LogP contribution is 2.43. The summed E-state index contributed by atoms with van der Waals surface area (Å²) in [5, 5.41) is 23.8. The van der Waals surface area contributed by atoms with Crippen LogP contribution in [0.4, 0.5) is 0 Å². The van der Waals surface area contributed by atoms with E-state index in [4.69, 9.17) is 14.8 Å². The van der Waals surface area contributed by atoms with Gasteiger partial charge in [-0.05, 0) is 12.8 Å². The molecule has 10 heteroatoms. The zero-order valence-corrected chi connectivity index (χ0v) is 25.9. The monoisotopic (exact) mass is 580 g/mol. The van der Waals surface area contributed by atoms with Crippen LogP contribution in [0.5, 0.6) is 0 Å². The van der Waals surface area contributed by atoms with E-state index < -0.39 is 32.0 Å². The summed E-state index contributed by atoms with van der Waals surface area (Å²) in [7, 11) is -4.35. The maximum atomic E-state index is 12.6. The predicted molar refractivity (Wildman–Crippen MR) is 158 cm³/mol. The molecule has 0 aliphatic carbocycles. The summed E-state index contributed by atoms with van der Waals surface area (Å²) in [5.74, 6) is -0.419. The molecular weight excluding hydrogens is 519 g/mol. The normalized spacial score (nSPS) is 15.5. The minimum Gasteiger partial charge on any atom is -0.393 e. The maximum absolute atomic E-state index is 12.6. The molecule has 1 amide bonds. The molecule has 0 fully saturated rings. The lowest BCUT2D eigenvalue weighted by Crippen LogP contribution is -2.47. The van der Waals surface area contributed by atoms with E-state index in [1.807, 2.05) is 0 Å². The van der Waals surface area contributed by atoms with E-state index in [-0.39, 0.29) is 26.2 Å². The molecule has 0 bridgehead atoms.